The molecule has 4 atom stereocenters. The van der Waals surface area contributed by atoms with Gasteiger partial charge in [0, 0.05) is 23.7 Å². The van der Waals surface area contributed by atoms with E-state index in [2.05, 4.69) is 62.1 Å². The number of nitrogens with one attached hydrogen (secondary N) is 4. The Morgan fingerprint density at radius 3 is 0.792 bits per heavy atom. The van der Waals surface area contributed by atoms with Crippen LogP contribution < -0.4 is 21.3 Å². The van der Waals surface area contributed by atoms with Crippen molar-refractivity contribution in [3.05, 3.63) is 164 Å². The summed E-state index contributed by atoms with van der Waals surface area (Å²) in [4.78, 5) is 49.5. The largest absolute Gasteiger partial charge is 0.300 e. The van der Waals surface area contributed by atoms with Crippen molar-refractivity contribution in [2.45, 2.75) is 101 Å². The molecule has 4 aromatic heterocycles. The van der Waals surface area contributed by atoms with Gasteiger partial charge < -0.3 is 21.3 Å². The summed E-state index contributed by atoms with van der Waals surface area (Å²) < 4.78 is 0. The fourth-order valence-corrected chi connectivity index (χ4v) is 12.5. The lowest BCUT2D eigenvalue weighted by atomic mass is 9.82. The molecule has 2 aliphatic rings. The quantitative estimate of drug-likeness (QED) is 0.0710. The molecule has 368 valence electrons. The Labute approximate surface area is 432 Å². The molecule has 4 heterocycles. The van der Waals surface area contributed by atoms with Crippen molar-refractivity contribution in [3.63, 3.8) is 0 Å². The summed E-state index contributed by atoms with van der Waals surface area (Å²) in [5.74, 6) is 0.675. The average molecular weight is 1040 g/mol. The van der Waals surface area contributed by atoms with Gasteiger partial charge in [-0.15, -0.1) is 40.8 Å². The molecular formula is C52H52N12O4S4. The van der Waals surface area contributed by atoms with Crippen molar-refractivity contribution in [2.24, 2.45) is 0 Å². The van der Waals surface area contributed by atoms with E-state index in [1.54, 1.807) is 0 Å². The van der Waals surface area contributed by atoms with Gasteiger partial charge in [0.25, 0.3) is 0 Å². The summed E-state index contributed by atoms with van der Waals surface area (Å²) in [5.41, 5.74) is 3.84. The highest BCUT2D eigenvalue weighted by Crippen LogP contribution is 2.45. The molecule has 2 saturated carbocycles. The number of amides is 4. The first-order valence-corrected chi connectivity index (χ1v) is 27.2. The van der Waals surface area contributed by atoms with Crippen LogP contribution >= 0.6 is 45.3 Å². The topological polar surface area (TPSA) is 220 Å². The number of hydrogen-bond acceptors (Lipinski definition) is 16. The highest BCUT2D eigenvalue weighted by molar-refractivity contribution is 7.16. The second-order valence-corrected chi connectivity index (χ2v) is 21.8. The fourth-order valence-electron chi connectivity index (χ4n) is 8.86. The maximum Gasteiger partial charge on any atom is 0.230 e. The molecule has 72 heavy (non-hydrogen) atoms. The number of benzene rings is 4. The predicted octanol–water partition coefficient (Wildman–Crippen LogP) is 10.4. The molecule has 0 unspecified atom stereocenters. The van der Waals surface area contributed by atoms with E-state index in [4.69, 9.17) is 0 Å². The van der Waals surface area contributed by atoms with Gasteiger partial charge in [0.15, 0.2) is 0 Å². The number of anilines is 4. The minimum absolute atomic E-state index is 0.0962. The van der Waals surface area contributed by atoms with Gasteiger partial charge in [-0.1, -0.05) is 180 Å². The Balaban J connectivity index is 0.000000178. The molecule has 4 amide bonds. The molecule has 16 nitrogen and oxygen atoms in total. The summed E-state index contributed by atoms with van der Waals surface area (Å²) in [6.07, 6.45) is 9.27. The van der Waals surface area contributed by atoms with E-state index in [1.165, 1.54) is 45.3 Å². The second kappa shape index (κ2) is 24.9. The molecule has 0 aliphatic heterocycles. The third kappa shape index (κ3) is 14.6. The molecule has 8 aromatic rings. The van der Waals surface area contributed by atoms with Crippen LogP contribution in [-0.4, -0.2) is 64.4 Å². The van der Waals surface area contributed by atoms with Gasteiger partial charge in [0.1, 0.15) is 20.0 Å². The van der Waals surface area contributed by atoms with Crippen molar-refractivity contribution in [2.75, 3.05) is 21.3 Å². The molecule has 0 saturated heterocycles. The van der Waals surface area contributed by atoms with Crippen molar-refractivity contribution < 1.29 is 19.2 Å². The monoisotopic (exact) mass is 1040 g/mol. The van der Waals surface area contributed by atoms with Crippen LogP contribution in [0.2, 0.25) is 0 Å². The number of rotatable bonds is 16. The summed E-state index contributed by atoms with van der Waals surface area (Å²) in [6, 6.07) is 38.5. The van der Waals surface area contributed by atoms with E-state index in [0.717, 1.165) is 93.7 Å². The van der Waals surface area contributed by atoms with Crippen LogP contribution in [0, 0.1) is 0 Å². The standard InChI is InChI=1S/2C26H26N6O2S2/c2*33-21(14-17-8-3-1-4-9-17)27-25-31-29-23(35-25)19-12-7-13-20(16-19)24-30-32-26(36-24)28-22(34)15-18-10-5-2-6-11-18/h2*1-6,8-11,19-20H,7,12-16H2,(H,27,31,33)(H,28,32,34)/t2*19-,20-/m10/s1. The first-order chi connectivity index (χ1) is 35.2. The van der Waals surface area contributed by atoms with E-state index in [0.29, 0.717) is 46.2 Å². The Kier molecular flexibility index (Phi) is 17.3. The number of carbonyl (C=O) groups is 4. The molecule has 10 rings (SSSR count). The smallest absolute Gasteiger partial charge is 0.230 e. The van der Waals surface area contributed by atoms with Gasteiger partial charge in [-0.2, -0.15) is 0 Å². The van der Waals surface area contributed by atoms with E-state index in [1.807, 2.05) is 121 Å². The van der Waals surface area contributed by atoms with Crippen LogP contribution in [0.4, 0.5) is 20.5 Å². The van der Waals surface area contributed by atoms with Gasteiger partial charge in [-0.25, -0.2) is 0 Å². The Hall–Kier alpha value is -7.00. The summed E-state index contributed by atoms with van der Waals surface area (Å²) in [5, 5.41) is 51.7. The van der Waals surface area contributed by atoms with Crippen LogP contribution in [0.5, 0.6) is 0 Å². The van der Waals surface area contributed by atoms with E-state index >= 15 is 0 Å². The highest BCUT2D eigenvalue weighted by atomic mass is 32.1. The van der Waals surface area contributed by atoms with Gasteiger partial charge in [0.2, 0.25) is 44.2 Å². The molecule has 0 radical (unpaired) electrons. The summed E-state index contributed by atoms with van der Waals surface area (Å²) >= 11 is 5.78. The van der Waals surface area contributed by atoms with Crippen LogP contribution in [0.1, 0.15) is 117 Å². The third-order valence-corrected chi connectivity index (χ3v) is 16.3. The van der Waals surface area contributed by atoms with Crippen LogP contribution in [0.25, 0.3) is 0 Å². The maximum atomic E-state index is 12.4. The van der Waals surface area contributed by atoms with Gasteiger partial charge in [0.05, 0.1) is 25.7 Å². The van der Waals surface area contributed by atoms with Crippen LogP contribution in [-0.2, 0) is 44.9 Å². The lowest BCUT2D eigenvalue weighted by Gasteiger charge is -2.25. The Bertz CT molecular complexity index is 2620. The molecule has 2 aliphatic carbocycles. The average Bonchev–Trinajstić information content (AvgIpc) is 4.25. The van der Waals surface area contributed by atoms with E-state index < -0.39 is 0 Å². The van der Waals surface area contributed by atoms with E-state index in [9.17, 15) is 19.2 Å². The molecule has 0 spiro atoms. The number of hydrogen-bond donors (Lipinski definition) is 4. The molecule has 4 aromatic carbocycles. The highest BCUT2D eigenvalue weighted by Gasteiger charge is 2.31. The number of carbonyl (C=O) groups excluding carboxylic acids is 4. The minimum atomic E-state index is -0.0962. The fraction of sp³-hybridized carbons (Fsp3) is 0.308. The van der Waals surface area contributed by atoms with Gasteiger partial charge >= 0.3 is 0 Å². The first-order valence-electron chi connectivity index (χ1n) is 23.9. The zero-order valence-electron chi connectivity index (χ0n) is 39.2. The molecule has 0 bridgehead atoms. The number of aromatic nitrogens is 8. The minimum Gasteiger partial charge on any atom is -0.300 e. The molecule has 4 N–H and O–H groups in total. The molecule has 2 fully saturated rings. The zero-order chi connectivity index (χ0) is 49.5. The van der Waals surface area contributed by atoms with Crippen molar-refractivity contribution in [3.8, 4) is 0 Å². The van der Waals surface area contributed by atoms with Crippen molar-refractivity contribution >= 4 is 89.5 Å². The van der Waals surface area contributed by atoms with Gasteiger partial charge in [-0.3, -0.25) is 19.2 Å². The zero-order valence-corrected chi connectivity index (χ0v) is 42.5. The molecular weight excluding hydrogens is 985 g/mol. The van der Waals surface area contributed by atoms with E-state index in [-0.39, 0.29) is 47.3 Å². The SMILES string of the molecule is O=C(Cc1ccccc1)Nc1nnc([C@@H]2CCC[C@@H](c3nnc(NC(=O)Cc4ccccc4)s3)C2)s1.O=C(Cc1ccccc1)Nc1nnc([C@H]2CCC[C@H](c3nnc(NC(=O)Cc4ccccc4)s3)C2)s1. The van der Waals surface area contributed by atoms with Gasteiger partial charge in [-0.05, 0) is 60.8 Å². The predicted molar refractivity (Wildman–Crippen MR) is 283 cm³/mol. The normalized spacial score (nSPS) is 17.4. The van der Waals surface area contributed by atoms with Crippen LogP contribution in [0.15, 0.2) is 121 Å². The Morgan fingerprint density at radius 2 is 0.569 bits per heavy atom. The number of nitrogens with zero attached hydrogens (tertiary/aromatic N) is 8. The third-order valence-electron chi connectivity index (χ3n) is 12.3. The van der Waals surface area contributed by atoms with Crippen molar-refractivity contribution in [1.82, 2.24) is 40.8 Å². The summed E-state index contributed by atoms with van der Waals surface area (Å²) in [6.45, 7) is 0. The van der Waals surface area contributed by atoms with Crippen molar-refractivity contribution in [1.29, 1.82) is 0 Å². The van der Waals surface area contributed by atoms with Crippen LogP contribution in [0.3, 0.4) is 0 Å². The second-order valence-electron chi connectivity index (χ2n) is 17.7. The lowest BCUT2D eigenvalue weighted by Crippen LogP contribution is -2.14. The summed E-state index contributed by atoms with van der Waals surface area (Å²) in [7, 11) is 0. The lowest BCUT2D eigenvalue weighted by molar-refractivity contribution is -0.116. The first kappa shape index (κ1) is 50.0. The Morgan fingerprint density at radius 1 is 0.347 bits per heavy atom. The molecule has 20 heteroatoms. The maximum absolute atomic E-state index is 12.4.